The third-order valence-electron chi connectivity index (χ3n) is 3.41. The van der Waals surface area contributed by atoms with Crippen LogP contribution in [0.2, 0.25) is 5.02 Å². The Morgan fingerprint density at radius 1 is 1.61 bits per heavy atom. The molecule has 98 valence electrons. The molecule has 1 aliphatic rings. The van der Waals surface area contributed by atoms with E-state index in [2.05, 4.69) is 5.32 Å². The summed E-state index contributed by atoms with van der Waals surface area (Å²) in [6.45, 7) is 2.05. The predicted octanol–water partition coefficient (Wildman–Crippen LogP) is 2.89. The van der Waals surface area contributed by atoms with Gasteiger partial charge in [-0.05, 0) is 36.8 Å². The average molecular weight is 285 g/mol. The van der Waals surface area contributed by atoms with Gasteiger partial charge in [0.25, 0.3) is 0 Å². The minimum Gasteiger partial charge on any atom is -0.370 e. The summed E-state index contributed by atoms with van der Waals surface area (Å²) in [6.07, 6.45) is 1.76. The van der Waals surface area contributed by atoms with E-state index in [1.165, 1.54) is 0 Å². The molecule has 1 aromatic carbocycles. The SMILES string of the molecule is CC1SCCCC1(Nc1cccc(Cl)c1)C(N)=O. The molecular weight excluding hydrogens is 268 g/mol. The molecule has 1 aliphatic heterocycles. The van der Waals surface area contributed by atoms with E-state index in [-0.39, 0.29) is 11.2 Å². The molecule has 0 spiro atoms. The van der Waals surface area contributed by atoms with Crippen molar-refractivity contribution in [3.8, 4) is 0 Å². The molecule has 0 radical (unpaired) electrons. The molecule has 1 heterocycles. The van der Waals surface area contributed by atoms with E-state index in [1.54, 1.807) is 11.8 Å². The number of amides is 1. The van der Waals surface area contributed by atoms with Gasteiger partial charge in [0.1, 0.15) is 5.54 Å². The first kappa shape index (κ1) is 13.6. The topological polar surface area (TPSA) is 55.1 Å². The van der Waals surface area contributed by atoms with Gasteiger partial charge in [0.15, 0.2) is 0 Å². The van der Waals surface area contributed by atoms with Crippen molar-refractivity contribution in [2.24, 2.45) is 5.73 Å². The minimum atomic E-state index is -0.673. The zero-order valence-corrected chi connectivity index (χ0v) is 11.9. The van der Waals surface area contributed by atoms with Gasteiger partial charge in [-0.15, -0.1) is 0 Å². The van der Waals surface area contributed by atoms with Crippen molar-refractivity contribution in [3.05, 3.63) is 29.3 Å². The van der Waals surface area contributed by atoms with E-state index in [9.17, 15) is 4.79 Å². The fourth-order valence-corrected chi connectivity index (χ4v) is 3.76. The Morgan fingerprint density at radius 2 is 2.39 bits per heavy atom. The van der Waals surface area contributed by atoms with E-state index in [0.29, 0.717) is 5.02 Å². The number of carbonyl (C=O) groups is 1. The zero-order chi connectivity index (χ0) is 13.2. The van der Waals surface area contributed by atoms with Gasteiger partial charge in [-0.3, -0.25) is 4.79 Å². The number of carbonyl (C=O) groups excluding carboxylic acids is 1. The molecule has 2 atom stereocenters. The van der Waals surface area contributed by atoms with Crippen LogP contribution in [0.3, 0.4) is 0 Å². The molecule has 0 aromatic heterocycles. The Balaban J connectivity index is 2.28. The highest BCUT2D eigenvalue weighted by molar-refractivity contribution is 8.00. The summed E-state index contributed by atoms with van der Waals surface area (Å²) >= 11 is 7.74. The van der Waals surface area contributed by atoms with E-state index < -0.39 is 5.54 Å². The Bertz CT molecular complexity index is 454. The largest absolute Gasteiger partial charge is 0.370 e. The molecular formula is C13H17ClN2OS. The van der Waals surface area contributed by atoms with Crippen molar-refractivity contribution < 1.29 is 4.79 Å². The molecule has 0 aliphatic carbocycles. The lowest BCUT2D eigenvalue weighted by molar-refractivity contribution is -0.122. The molecule has 2 unspecified atom stereocenters. The molecule has 1 saturated heterocycles. The van der Waals surface area contributed by atoms with Gasteiger partial charge in [-0.1, -0.05) is 24.6 Å². The monoisotopic (exact) mass is 284 g/mol. The van der Waals surface area contributed by atoms with Crippen LogP contribution >= 0.6 is 23.4 Å². The average Bonchev–Trinajstić information content (AvgIpc) is 2.32. The van der Waals surface area contributed by atoms with Crippen LogP contribution in [-0.2, 0) is 4.79 Å². The summed E-state index contributed by atoms with van der Waals surface area (Å²) in [4.78, 5) is 11.9. The van der Waals surface area contributed by atoms with Crippen LogP contribution in [-0.4, -0.2) is 22.4 Å². The van der Waals surface area contributed by atoms with E-state index in [0.717, 1.165) is 24.3 Å². The second kappa shape index (κ2) is 5.41. The summed E-state index contributed by atoms with van der Waals surface area (Å²) in [5.74, 6) is 0.787. The summed E-state index contributed by atoms with van der Waals surface area (Å²) in [6, 6.07) is 7.39. The Hall–Kier alpha value is -0.870. The molecule has 3 nitrogen and oxygen atoms in total. The summed E-state index contributed by atoms with van der Waals surface area (Å²) in [5, 5.41) is 4.11. The van der Waals surface area contributed by atoms with Crippen molar-refractivity contribution in [1.29, 1.82) is 0 Å². The number of benzene rings is 1. The maximum absolute atomic E-state index is 11.9. The van der Waals surface area contributed by atoms with Gasteiger partial charge < -0.3 is 11.1 Å². The Morgan fingerprint density at radius 3 is 3.00 bits per heavy atom. The normalized spacial score (nSPS) is 27.8. The fourth-order valence-electron chi connectivity index (χ4n) is 2.33. The number of anilines is 1. The summed E-state index contributed by atoms with van der Waals surface area (Å²) in [7, 11) is 0. The van der Waals surface area contributed by atoms with Crippen LogP contribution in [0, 0.1) is 0 Å². The first-order chi connectivity index (χ1) is 8.54. The number of hydrogen-bond acceptors (Lipinski definition) is 3. The number of nitrogens with two attached hydrogens (primary N) is 1. The number of hydrogen-bond donors (Lipinski definition) is 2. The predicted molar refractivity (Wildman–Crippen MR) is 78.2 cm³/mol. The molecule has 1 fully saturated rings. The molecule has 0 bridgehead atoms. The quantitative estimate of drug-likeness (QED) is 0.897. The van der Waals surface area contributed by atoms with Crippen LogP contribution in [0.15, 0.2) is 24.3 Å². The molecule has 1 aromatic rings. The van der Waals surface area contributed by atoms with E-state index in [1.807, 2.05) is 31.2 Å². The summed E-state index contributed by atoms with van der Waals surface area (Å²) in [5.41, 5.74) is 5.80. The number of nitrogens with one attached hydrogen (secondary N) is 1. The molecule has 18 heavy (non-hydrogen) atoms. The maximum Gasteiger partial charge on any atom is 0.244 e. The van der Waals surface area contributed by atoms with Crippen LogP contribution in [0.25, 0.3) is 0 Å². The van der Waals surface area contributed by atoms with Gasteiger partial charge >= 0.3 is 0 Å². The molecule has 2 rings (SSSR count). The lowest BCUT2D eigenvalue weighted by Crippen LogP contribution is -2.58. The lowest BCUT2D eigenvalue weighted by Gasteiger charge is -2.40. The Labute approximate surface area is 116 Å². The molecule has 0 saturated carbocycles. The Kier molecular flexibility index (Phi) is 4.07. The maximum atomic E-state index is 11.9. The van der Waals surface area contributed by atoms with Crippen molar-refractivity contribution in [3.63, 3.8) is 0 Å². The fraction of sp³-hybridized carbons (Fsp3) is 0.462. The van der Waals surface area contributed by atoms with Crippen molar-refractivity contribution in [2.45, 2.75) is 30.6 Å². The van der Waals surface area contributed by atoms with Crippen molar-refractivity contribution in [1.82, 2.24) is 0 Å². The van der Waals surface area contributed by atoms with Crippen LogP contribution in [0.4, 0.5) is 5.69 Å². The second-order valence-corrected chi connectivity index (χ2v) is 6.47. The van der Waals surface area contributed by atoms with Crippen molar-refractivity contribution in [2.75, 3.05) is 11.1 Å². The van der Waals surface area contributed by atoms with E-state index in [4.69, 9.17) is 17.3 Å². The second-order valence-electron chi connectivity index (χ2n) is 4.59. The summed E-state index contributed by atoms with van der Waals surface area (Å²) < 4.78 is 0. The first-order valence-corrected chi connectivity index (χ1v) is 7.42. The standard InChI is InChI=1S/C13H17ClN2OS/c1-9-13(12(15)17,6-3-7-18-9)16-11-5-2-4-10(14)8-11/h2,4-5,8-9,16H,3,6-7H2,1H3,(H2,15,17). The minimum absolute atomic E-state index is 0.155. The molecule has 3 N–H and O–H groups in total. The molecule has 5 heteroatoms. The van der Waals surface area contributed by atoms with Gasteiger partial charge in [0, 0.05) is 16.0 Å². The van der Waals surface area contributed by atoms with Crippen molar-refractivity contribution >= 4 is 35.0 Å². The van der Waals surface area contributed by atoms with Crippen LogP contribution < -0.4 is 11.1 Å². The number of primary amides is 1. The number of rotatable bonds is 3. The third kappa shape index (κ3) is 2.59. The van der Waals surface area contributed by atoms with E-state index >= 15 is 0 Å². The highest BCUT2D eigenvalue weighted by atomic mass is 35.5. The third-order valence-corrected chi connectivity index (χ3v) is 5.07. The van der Waals surface area contributed by atoms with Gasteiger partial charge in [-0.2, -0.15) is 11.8 Å². The first-order valence-electron chi connectivity index (χ1n) is 6.00. The molecule has 1 amide bonds. The smallest absolute Gasteiger partial charge is 0.244 e. The highest BCUT2D eigenvalue weighted by Crippen LogP contribution is 2.36. The van der Waals surface area contributed by atoms with Gasteiger partial charge in [0.2, 0.25) is 5.91 Å². The number of halogens is 1. The van der Waals surface area contributed by atoms with Gasteiger partial charge in [-0.25, -0.2) is 0 Å². The van der Waals surface area contributed by atoms with Crippen LogP contribution in [0.5, 0.6) is 0 Å². The lowest BCUT2D eigenvalue weighted by atomic mass is 9.88. The highest BCUT2D eigenvalue weighted by Gasteiger charge is 2.44. The van der Waals surface area contributed by atoms with Gasteiger partial charge in [0.05, 0.1) is 0 Å². The zero-order valence-electron chi connectivity index (χ0n) is 10.3. The number of thioether (sulfide) groups is 1. The van der Waals surface area contributed by atoms with Crippen LogP contribution in [0.1, 0.15) is 19.8 Å².